The zero-order chi connectivity index (χ0) is 18.4. The molecule has 0 N–H and O–H groups in total. The Hall–Kier alpha value is -2.87. The van der Waals surface area contributed by atoms with E-state index in [1.807, 2.05) is 98.8 Å². The van der Waals surface area contributed by atoms with Crippen LogP contribution in [0, 0.1) is 6.92 Å². The quantitative estimate of drug-likeness (QED) is 0.527. The van der Waals surface area contributed by atoms with Gasteiger partial charge < -0.3 is 4.74 Å². The maximum Gasteiger partial charge on any atom is 0.314 e. The minimum absolute atomic E-state index is 0.186. The van der Waals surface area contributed by atoms with Crippen molar-refractivity contribution >= 4 is 5.97 Å². The van der Waals surface area contributed by atoms with Gasteiger partial charge in [-0.2, -0.15) is 0 Å². The second-order valence-electron chi connectivity index (χ2n) is 6.51. The smallest absolute Gasteiger partial charge is 0.314 e. The molecule has 0 bridgehead atoms. The van der Waals surface area contributed by atoms with Crippen LogP contribution in [0.1, 0.15) is 47.6 Å². The topological polar surface area (TPSA) is 26.3 Å². The fraction of sp³-hybridized carbons (Fsp3) is 0.208. The number of esters is 1. The molecule has 0 aliphatic carbocycles. The van der Waals surface area contributed by atoms with Gasteiger partial charge in [0, 0.05) is 0 Å². The Balaban J connectivity index is 1.88. The van der Waals surface area contributed by atoms with Crippen molar-refractivity contribution in [3.63, 3.8) is 0 Å². The van der Waals surface area contributed by atoms with Gasteiger partial charge in [-0.15, -0.1) is 0 Å². The fourth-order valence-corrected chi connectivity index (χ4v) is 3.12. The van der Waals surface area contributed by atoms with Crippen LogP contribution in [0.15, 0.2) is 84.9 Å². The molecular formula is C24H24O2. The molecule has 3 aromatic carbocycles. The van der Waals surface area contributed by atoms with E-state index in [-0.39, 0.29) is 11.9 Å². The summed E-state index contributed by atoms with van der Waals surface area (Å²) < 4.78 is 6.02. The maximum atomic E-state index is 13.0. The van der Waals surface area contributed by atoms with Gasteiger partial charge in [-0.25, -0.2) is 0 Å². The second-order valence-corrected chi connectivity index (χ2v) is 6.51. The highest BCUT2D eigenvalue weighted by molar-refractivity contribution is 5.78. The minimum atomic E-state index is -0.399. The monoisotopic (exact) mass is 344 g/mol. The van der Waals surface area contributed by atoms with Crippen LogP contribution in [-0.4, -0.2) is 5.97 Å². The Morgan fingerprint density at radius 2 is 1.27 bits per heavy atom. The molecule has 2 nitrogen and oxygen atoms in total. The molecule has 3 rings (SSSR count). The van der Waals surface area contributed by atoms with E-state index in [1.54, 1.807) is 0 Å². The average Bonchev–Trinajstić information content (AvgIpc) is 2.69. The molecule has 0 unspecified atom stereocenters. The first kappa shape index (κ1) is 17.9. The fourth-order valence-electron chi connectivity index (χ4n) is 3.12. The van der Waals surface area contributed by atoms with Crippen LogP contribution in [0.5, 0.6) is 0 Å². The highest BCUT2D eigenvalue weighted by atomic mass is 16.5. The Kier molecular flexibility index (Phi) is 5.85. The summed E-state index contributed by atoms with van der Waals surface area (Å²) in [6, 6.07) is 27.9. The van der Waals surface area contributed by atoms with Crippen LogP contribution in [-0.2, 0) is 9.53 Å². The van der Waals surface area contributed by atoms with E-state index >= 15 is 0 Å². The van der Waals surface area contributed by atoms with Crippen molar-refractivity contribution in [3.05, 3.63) is 107 Å². The summed E-state index contributed by atoms with van der Waals surface area (Å²) in [6.07, 6.45) is 0.308. The van der Waals surface area contributed by atoms with Crippen LogP contribution >= 0.6 is 0 Å². The standard InChI is InChI=1S/C24H24O2/c1-3-22(19-16-14-18(2)15-17-19)24(25)26-23(20-10-6-4-7-11-20)21-12-8-5-9-13-21/h4-17,22-23H,3H2,1-2H3/t22-/m1/s1. The van der Waals surface area contributed by atoms with E-state index in [1.165, 1.54) is 5.56 Å². The van der Waals surface area contributed by atoms with Crippen molar-refractivity contribution in [1.82, 2.24) is 0 Å². The van der Waals surface area contributed by atoms with Crippen molar-refractivity contribution in [3.8, 4) is 0 Å². The third kappa shape index (κ3) is 4.20. The summed E-state index contributed by atoms with van der Waals surface area (Å²) in [4.78, 5) is 13.0. The average molecular weight is 344 g/mol. The van der Waals surface area contributed by atoms with Crippen molar-refractivity contribution in [1.29, 1.82) is 0 Å². The van der Waals surface area contributed by atoms with Gasteiger partial charge in [0.05, 0.1) is 5.92 Å². The molecule has 0 amide bonds. The summed E-state index contributed by atoms with van der Waals surface area (Å²) in [5.74, 6) is -0.445. The third-order valence-corrected chi connectivity index (χ3v) is 4.61. The Labute approximate surface area is 155 Å². The molecule has 0 aromatic heterocycles. The first-order chi connectivity index (χ1) is 12.7. The lowest BCUT2D eigenvalue weighted by Crippen LogP contribution is -2.19. The summed E-state index contributed by atoms with van der Waals surface area (Å²) in [7, 11) is 0. The molecule has 0 spiro atoms. The molecule has 3 aromatic rings. The highest BCUT2D eigenvalue weighted by Crippen LogP contribution is 2.30. The van der Waals surface area contributed by atoms with Gasteiger partial charge in [-0.3, -0.25) is 4.79 Å². The molecule has 2 heteroatoms. The molecule has 0 aliphatic rings. The zero-order valence-electron chi connectivity index (χ0n) is 15.3. The lowest BCUT2D eigenvalue weighted by atomic mass is 9.95. The number of rotatable bonds is 6. The minimum Gasteiger partial charge on any atom is -0.452 e. The lowest BCUT2D eigenvalue weighted by molar-refractivity contribution is -0.149. The molecule has 1 atom stereocenters. The first-order valence-corrected chi connectivity index (χ1v) is 9.06. The third-order valence-electron chi connectivity index (χ3n) is 4.61. The van der Waals surface area contributed by atoms with Crippen LogP contribution in [0.25, 0.3) is 0 Å². The van der Waals surface area contributed by atoms with Crippen LogP contribution in [0.4, 0.5) is 0 Å². The molecule has 0 radical (unpaired) electrons. The van der Waals surface area contributed by atoms with Gasteiger partial charge in [-0.1, -0.05) is 97.4 Å². The predicted octanol–water partition coefficient (Wildman–Crippen LogP) is 5.82. The number of benzene rings is 3. The highest BCUT2D eigenvalue weighted by Gasteiger charge is 2.25. The second kappa shape index (κ2) is 8.48. The van der Waals surface area contributed by atoms with E-state index in [0.29, 0.717) is 6.42 Å². The molecule has 0 saturated carbocycles. The molecule has 132 valence electrons. The maximum absolute atomic E-state index is 13.0. The number of carbonyl (C=O) groups excluding carboxylic acids is 1. The Bertz CT molecular complexity index is 784. The van der Waals surface area contributed by atoms with E-state index in [4.69, 9.17) is 4.74 Å². The van der Waals surface area contributed by atoms with Gasteiger partial charge in [0.1, 0.15) is 0 Å². The summed E-state index contributed by atoms with van der Waals surface area (Å²) in [5, 5.41) is 0. The number of hydrogen-bond donors (Lipinski definition) is 0. The van der Waals surface area contributed by atoms with Crippen LogP contribution < -0.4 is 0 Å². The molecule has 0 aliphatic heterocycles. The van der Waals surface area contributed by atoms with Crippen molar-refractivity contribution in [2.75, 3.05) is 0 Å². The van der Waals surface area contributed by atoms with Gasteiger partial charge in [0.25, 0.3) is 0 Å². The molecule has 0 fully saturated rings. The van der Waals surface area contributed by atoms with Gasteiger partial charge >= 0.3 is 5.97 Å². The van der Waals surface area contributed by atoms with Crippen LogP contribution in [0.3, 0.4) is 0 Å². The van der Waals surface area contributed by atoms with Gasteiger partial charge in [-0.05, 0) is 30.0 Å². The Morgan fingerprint density at radius 3 is 1.73 bits per heavy atom. The normalized spacial score (nSPS) is 12.0. The number of aryl methyl sites for hydroxylation is 1. The van der Waals surface area contributed by atoms with E-state index in [9.17, 15) is 4.79 Å². The SMILES string of the molecule is CC[C@@H](C(=O)OC(c1ccccc1)c1ccccc1)c1ccc(C)cc1. The lowest BCUT2D eigenvalue weighted by Gasteiger charge is -2.22. The van der Waals surface area contributed by atoms with Crippen molar-refractivity contribution in [2.24, 2.45) is 0 Å². The van der Waals surface area contributed by atoms with E-state index in [0.717, 1.165) is 16.7 Å². The summed E-state index contributed by atoms with van der Waals surface area (Å²) >= 11 is 0. The molecule has 0 saturated heterocycles. The number of ether oxygens (including phenoxy) is 1. The van der Waals surface area contributed by atoms with E-state index in [2.05, 4.69) is 0 Å². The molecule has 0 heterocycles. The molecular weight excluding hydrogens is 320 g/mol. The van der Waals surface area contributed by atoms with Crippen molar-refractivity contribution < 1.29 is 9.53 Å². The predicted molar refractivity (Wildman–Crippen MR) is 105 cm³/mol. The zero-order valence-corrected chi connectivity index (χ0v) is 15.3. The summed E-state index contributed by atoms with van der Waals surface area (Å²) in [6.45, 7) is 4.07. The largest absolute Gasteiger partial charge is 0.452 e. The van der Waals surface area contributed by atoms with Gasteiger partial charge in [0.15, 0.2) is 6.10 Å². The number of carbonyl (C=O) groups is 1. The van der Waals surface area contributed by atoms with E-state index < -0.39 is 6.10 Å². The number of hydrogen-bond acceptors (Lipinski definition) is 2. The van der Waals surface area contributed by atoms with Gasteiger partial charge in [0.2, 0.25) is 0 Å². The Morgan fingerprint density at radius 1 is 0.769 bits per heavy atom. The van der Waals surface area contributed by atoms with Crippen molar-refractivity contribution in [2.45, 2.75) is 32.3 Å². The first-order valence-electron chi connectivity index (χ1n) is 9.06. The van der Waals surface area contributed by atoms with Crippen LogP contribution in [0.2, 0.25) is 0 Å². The molecule has 26 heavy (non-hydrogen) atoms. The summed E-state index contributed by atoms with van der Waals surface area (Å²) in [5.41, 5.74) is 4.14.